The lowest BCUT2D eigenvalue weighted by molar-refractivity contribution is -0.0521. The van der Waals surface area contributed by atoms with Crippen LogP contribution < -0.4 is 15.8 Å². The lowest BCUT2D eigenvalue weighted by atomic mass is 9.84. The second-order valence-corrected chi connectivity index (χ2v) is 5.05. The molecule has 1 aromatic rings. The number of hydrogen-bond donors (Lipinski definition) is 2. The van der Waals surface area contributed by atoms with Crippen molar-refractivity contribution in [1.82, 2.24) is 0 Å². The zero-order valence-corrected chi connectivity index (χ0v) is 11.1. The third-order valence-corrected chi connectivity index (χ3v) is 3.71. The Kier molecular flexibility index (Phi) is 5.11. The predicted octanol–water partition coefficient (Wildman–Crippen LogP) is 3.36. The van der Waals surface area contributed by atoms with Crippen LogP contribution in [0.3, 0.4) is 0 Å². The predicted molar refractivity (Wildman–Crippen MR) is 71.5 cm³/mol. The van der Waals surface area contributed by atoms with Crippen molar-refractivity contribution in [2.24, 2.45) is 11.7 Å². The van der Waals surface area contributed by atoms with Crippen LogP contribution in [0.2, 0.25) is 0 Å². The van der Waals surface area contributed by atoms with Gasteiger partial charge in [0.05, 0.1) is 0 Å². The van der Waals surface area contributed by atoms with Crippen molar-refractivity contribution >= 4 is 5.69 Å². The number of hydrogen-bond acceptors (Lipinski definition) is 3. The van der Waals surface area contributed by atoms with Gasteiger partial charge in [0, 0.05) is 17.8 Å². The average molecular weight is 288 g/mol. The maximum Gasteiger partial charge on any atom is 0.387 e. The molecule has 0 bridgehead atoms. The average Bonchev–Trinajstić information content (AvgIpc) is 2.42. The quantitative estimate of drug-likeness (QED) is 0.873. The molecule has 1 fully saturated rings. The van der Waals surface area contributed by atoms with Crippen molar-refractivity contribution in [3.05, 3.63) is 24.0 Å². The molecule has 1 aliphatic carbocycles. The summed E-state index contributed by atoms with van der Waals surface area (Å²) in [5.74, 6) is -0.872. The lowest BCUT2D eigenvalue weighted by Crippen LogP contribution is -2.36. The van der Waals surface area contributed by atoms with Gasteiger partial charge in [0.1, 0.15) is 0 Å². The van der Waals surface area contributed by atoms with Gasteiger partial charge in [-0.3, -0.25) is 0 Å². The molecule has 0 spiro atoms. The van der Waals surface area contributed by atoms with E-state index in [9.17, 15) is 13.2 Å². The highest BCUT2D eigenvalue weighted by molar-refractivity contribution is 5.48. The Morgan fingerprint density at radius 2 is 2.05 bits per heavy atom. The molecule has 0 radical (unpaired) electrons. The molecule has 1 saturated carbocycles. The van der Waals surface area contributed by atoms with E-state index in [4.69, 9.17) is 5.73 Å². The number of alkyl halides is 2. The first kappa shape index (κ1) is 15.0. The van der Waals surface area contributed by atoms with Gasteiger partial charge in [0.2, 0.25) is 0 Å². The number of ether oxygens (including phenoxy) is 1. The molecular weight excluding hydrogens is 269 g/mol. The van der Waals surface area contributed by atoms with E-state index in [1.54, 1.807) is 6.07 Å². The van der Waals surface area contributed by atoms with E-state index in [-0.39, 0.29) is 6.04 Å². The second kappa shape index (κ2) is 6.83. The molecule has 0 aromatic heterocycles. The summed E-state index contributed by atoms with van der Waals surface area (Å²) in [4.78, 5) is 0. The minimum Gasteiger partial charge on any atom is -0.432 e. The number of benzene rings is 1. The van der Waals surface area contributed by atoms with Crippen molar-refractivity contribution in [1.29, 1.82) is 0 Å². The molecule has 0 heterocycles. The molecule has 112 valence electrons. The fourth-order valence-corrected chi connectivity index (χ4v) is 2.68. The van der Waals surface area contributed by atoms with Gasteiger partial charge in [-0.05, 0) is 37.4 Å². The van der Waals surface area contributed by atoms with Crippen molar-refractivity contribution in [3.63, 3.8) is 0 Å². The molecule has 1 aliphatic rings. The lowest BCUT2D eigenvalue weighted by Gasteiger charge is -2.32. The van der Waals surface area contributed by atoms with E-state index in [1.807, 2.05) is 0 Å². The maximum absolute atomic E-state index is 13.6. The van der Waals surface area contributed by atoms with E-state index in [0.29, 0.717) is 18.2 Å². The summed E-state index contributed by atoms with van der Waals surface area (Å²) in [5, 5.41) is 3.24. The summed E-state index contributed by atoms with van der Waals surface area (Å²) in [7, 11) is 0. The highest BCUT2D eigenvalue weighted by Gasteiger charge is 2.24. The van der Waals surface area contributed by atoms with E-state index < -0.39 is 18.2 Å². The largest absolute Gasteiger partial charge is 0.432 e. The zero-order valence-electron chi connectivity index (χ0n) is 11.1. The molecule has 2 atom stereocenters. The van der Waals surface area contributed by atoms with Gasteiger partial charge in [-0.15, -0.1) is 0 Å². The van der Waals surface area contributed by atoms with Crippen LogP contribution in [0.4, 0.5) is 18.9 Å². The number of nitrogens with two attached hydrogens (primary N) is 1. The van der Waals surface area contributed by atoms with Crippen molar-refractivity contribution in [2.75, 3.05) is 11.9 Å². The van der Waals surface area contributed by atoms with Crippen molar-refractivity contribution < 1.29 is 17.9 Å². The first-order valence-electron chi connectivity index (χ1n) is 6.81. The van der Waals surface area contributed by atoms with E-state index in [1.165, 1.54) is 12.1 Å². The van der Waals surface area contributed by atoms with Gasteiger partial charge in [0.25, 0.3) is 0 Å². The van der Waals surface area contributed by atoms with Crippen LogP contribution in [0.5, 0.6) is 5.75 Å². The smallest absolute Gasteiger partial charge is 0.387 e. The van der Waals surface area contributed by atoms with Gasteiger partial charge in [-0.25, -0.2) is 4.39 Å². The molecule has 6 heteroatoms. The van der Waals surface area contributed by atoms with Crippen LogP contribution in [0.25, 0.3) is 0 Å². The summed E-state index contributed by atoms with van der Waals surface area (Å²) >= 11 is 0. The van der Waals surface area contributed by atoms with Crippen LogP contribution in [-0.4, -0.2) is 19.2 Å². The molecule has 0 amide bonds. The highest BCUT2D eigenvalue weighted by atomic mass is 19.3. The van der Waals surface area contributed by atoms with Crippen LogP contribution in [0.1, 0.15) is 25.7 Å². The van der Waals surface area contributed by atoms with Gasteiger partial charge >= 0.3 is 6.61 Å². The van der Waals surface area contributed by atoms with Crippen LogP contribution >= 0.6 is 0 Å². The van der Waals surface area contributed by atoms with Gasteiger partial charge in [0.15, 0.2) is 11.6 Å². The Morgan fingerprint density at radius 3 is 2.70 bits per heavy atom. The number of halogens is 3. The zero-order chi connectivity index (χ0) is 14.5. The second-order valence-electron chi connectivity index (χ2n) is 5.05. The van der Waals surface area contributed by atoms with E-state index in [0.717, 1.165) is 25.7 Å². The Hall–Kier alpha value is -1.43. The summed E-state index contributed by atoms with van der Waals surface area (Å²) in [5.41, 5.74) is 6.30. The van der Waals surface area contributed by atoms with Gasteiger partial charge in [-0.1, -0.05) is 12.8 Å². The molecular formula is C14H19F3N2O. The topological polar surface area (TPSA) is 47.3 Å². The van der Waals surface area contributed by atoms with Crippen LogP contribution in [0.15, 0.2) is 18.2 Å². The number of anilines is 1. The third kappa shape index (κ3) is 3.79. The molecule has 3 nitrogen and oxygen atoms in total. The summed E-state index contributed by atoms with van der Waals surface area (Å²) in [6.45, 7) is -2.43. The first-order chi connectivity index (χ1) is 9.60. The molecule has 20 heavy (non-hydrogen) atoms. The summed E-state index contributed by atoms with van der Waals surface area (Å²) in [6, 6.07) is 4.14. The minimum absolute atomic E-state index is 0.204. The van der Waals surface area contributed by atoms with Gasteiger partial charge < -0.3 is 15.8 Å². The number of rotatable bonds is 5. The monoisotopic (exact) mass is 288 g/mol. The fourth-order valence-electron chi connectivity index (χ4n) is 2.68. The molecule has 0 saturated heterocycles. The molecule has 1 aromatic carbocycles. The van der Waals surface area contributed by atoms with E-state index in [2.05, 4.69) is 10.1 Å². The van der Waals surface area contributed by atoms with Crippen molar-refractivity contribution in [3.8, 4) is 5.75 Å². The molecule has 2 unspecified atom stereocenters. The highest BCUT2D eigenvalue weighted by Crippen LogP contribution is 2.28. The molecule has 3 N–H and O–H groups in total. The first-order valence-corrected chi connectivity index (χ1v) is 6.81. The Balaban J connectivity index is 2.04. The SMILES string of the molecule is NCC1CCCCC1Nc1ccc(OC(F)F)c(F)c1. The Morgan fingerprint density at radius 1 is 1.30 bits per heavy atom. The normalized spacial score (nSPS) is 22.9. The fraction of sp³-hybridized carbons (Fsp3) is 0.571. The van der Waals surface area contributed by atoms with Crippen molar-refractivity contribution in [2.45, 2.75) is 38.3 Å². The van der Waals surface area contributed by atoms with Crippen LogP contribution in [0, 0.1) is 11.7 Å². The van der Waals surface area contributed by atoms with E-state index >= 15 is 0 Å². The maximum atomic E-state index is 13.6. The van der Waals surface area contributed by atoms with Gasteiger partial charge in [-0.2, -0.15) is 8.78 Å². The Bertz CT molecular complexity index is 442. The third-order valence-electron chi connectivity index (χ3n) is 3.71. The van der Waals surface area contributed by atoms with Crippen LogP contribution in [-0.2, 0) is 0 Å². The molecule has 0 aliphatic heterocycles. The summed E-state index contributed by atoms with van der Waals surface area (Å²) in [6.07, 6.45) is 4.32. The number of nitrogens with one attached hydrogen (secondary N) is 1. The Labute approximate surface area is 116 Å². The summed E-state index contributed by atoms with van der Waals surface area (Å²) < 4.78 is 41.8. The molecule has 2 rings (SSSR count). The minimum atomic E-state index is -3.02. The standard InChI is InChI=1S/C14H19F3N2O/c15-11-7-10(5-6-13(11)20-14(16)17)19-12-4-2-1-3-9(12)8-18/h5-7,9,12,14,19H,1-4,8,18H2.